The molecule has 1 heterocycles. The fourth-order valence-electron chi connectivity index (χ4n) is 1.94. The SMILES string of the molecule is CC(C)[C@H](NC(=O)c1n[nH]c(=O)[nH]1)c1ccc(Cl)cc1F. The average molecular weight is 313 g/mol. The first-order valence-electron chi connectivity index (χ1n) is 6.29. The quantitative estimate of drug-likeness (QED) is 0.806. The van der Waals surface area contributed by atoms with Crippen molar-refractivity contribution in [3.63, 3.8) is 0 Å². The van der Waals surface area contributed by atoms with Gasteiger partial charge in [-0.1, -0.05) is 31.5 Å². The third kappa shape index (κ3) is 3.49. The lowest BCUT2D eigenvalue weighted by atomic mass is 9.95. The normalized spacial score (nSPS) is 12.4. The lowest BCUT2D eigenvalue weighted by Gasteiger charge is -2.22. The topological polar surface area (TPSA) is 90.6 Å². The molecular formula is C13H14ClFN4O2. The van der Waals surface area contributed by atoms with E-state index in [-0.39, 0.29) is 16.8 Å². The first-order chi connectivity index (χ1) is 9.88. The van der Waals surface area contributed by atoms with Gasteiger partial charge in [-0.05, 0) is 18.1 Å². The molecule has 0 saturated heterocycles. The van der Waals surface area contributed by atoms with Gasteiger partial charge >= 0.3 is 5.69 Å². The van der Waals surface area contributed by atoms with E-state index in [0.717, 1.165) is 0 Å². The van der Waals surface area contributed by atoms with Gasteiger partial charge in [0.05, 0.1) is 6.04 Å². The Kier molecular flexibility index (Phi) is 4.42. The van der Waals surface area contributed by atoms with Crippen LogP contribution in [-0.2, 0) is 0 Å². The van der Waals surface area contributed by atoms with Gasteiger partial charge in [0.15, 0.2) is 0 Å². The smallest absolute Gasteiger partial charge is 0.341 e. The molecule has 21 heavy (non-hydrogen) atoms. The van der Waals surface area contributed by atoms with E-state index in [1.807, 2.05) is 13.8 Å². The van der Waals surface area contributed by atoms with Gasteiger partial charge in [0, 0.05) is 10.6 Å². The molecule has 1 aromatic carbocycles. The largest absolute Gasteiger partial charge is 0.342 e. The number of hydrogen-bond acceptors (Lipinski definition) is 3. The number of amides is 1. The van der Waals surface area contributed by atoms with Crippen LogP contribution in [0.1, 0.15) is 36.1 Å². The summed E-state index contributed by atoms with van der Waals surface area (Å²) in [4.78, 5) is 25.2. The summed E-state index contributed by atoms with van der Waals surface area (Å²) in [6.45, 7) is 3.68. The molecule has 8 heteroatoms. The van der Waals surface area contributed by atoms with Crippen molar-refractivity contribution in [3.8, 4) is 0 Å². The Labute approximate surface area is 124 Å². The molecular weight excluding hydrogens is 299 g/mol. The number of aromatic amines is 2. The molecule has 2 aromatic rings. The van der Waals surface area contributed by atoms with Crippen LogP contribution >= 0.6 is 11.6 Å². The maximum absolute atomic E-state index is 14.0. The number of nitrogens with one attached hydrogen (secondary N) is 3. The Bertz CT molecular complexity index is 710. The van der Waals surface area contributed by atoms with Gasteiger partial charge in [-0.15, -0.1) is 5.10 Å². The van der Waals surface area contributed by atoms with Crippen molar-refractivity contribution in [2.45, 2.75) is 19.9 Å². The Morgan fingerprint density at radius 3 is 2.67 bits per heavy atom. The second-order valence-corrected chi connectivity index (χ2v) is 5.32. The Hall–Kier alpha value is -2.15. The van der Waals surface area contributed by atoms with Crippen LogP contribution in [0.3, 0.4) is 0 Å². The second-order valence-electron chi connectivity index (χ2n) is 4.89. The number of carbonyl (C=O) groups is 1. The van der Waals surface area contributed by atoms with E-state index in [1.165, 1.54) is 12.1 Å². The number of carbonyl (C=O) groups excluding carboxylic acids is 1. The number of hydrogen-bond donors (Lipinski definition) is 3. The summed E-state index contributed by atoms with van der Waals surface area (Å²) in [7, 11) is 0. The third-order valence-electron chi connectivity index (χ3n) is 2.97. The molecule has 1 aromatic heterocycles. The number of benzene rings is 1. The fourth-order valence-corrected chi connectivity index (χ4v) is 2.10. The van der Waals surface area contributed by atoms with Crippen molar-refractivity contribution < 1.29 is 9.18 Å². The minimum atomic E-state index is -0.596. The molecule has 3 N–H and O–H groups in total. The monoisotopic (exact) mass is 312 g/mol. The molecule has 0 unspecified atom stereocenters. The maximum atomic E-state index is 14.0. The zero-order valence-corrected chi connectivity index (χ0v) is 12.2. The van der Waals surface area contributed by atoms with Crippen LogP contribution in [-0.4, -0.2) is 21.1 Å². The van der Waals surface area contributed by atoms with Crippen molar-refractivity contribution in [1.82, 2.24) is 20.5 Å². The van der Waals surface area contributed by atoms with Crippen molar-refractivity contribution in [2.75, 3.05) is 0 Å². The van der Waals surface area contributed by atoms with E-state index in [2.05, 4.69) is 20.5 Å². The molecule has 0 saturated carbocycles. The molecule has 6 nitrogen and oxygen atoms in total. The van der Waals surface area contributed by atoms with E-state index in [4.69, 9.17) is 11.6 Å². The maximum Gasteiger partial charge on any atom is 0.341 e. The minimum Gasteiger partial charge on any atom is -0.342 e. The zero-order valence-electron chi connectivity index (χ0n) is 11.4. The van der Waals surface area contributed by atoms with Crippen LogP contribution in [0.15, 0.2) is 23.0 Å². The molecule has 0 aliphatic rings. The van der Waals surface area contributed by atoms with Gasteiger partial charge in [-0.25, -0.2) is 14.3 Å². The lowest BCUT2D eigenvalue weighted by Crippen LogP contribution is -2.33. The van der Waals surface area contributed by atoms with Gasteiger partial charge in [0.1, 0.15) is 5.82 Å². The highest BCUT2D eigenvalue weighted by Crippen LogP contribution is 2.26. The van der Waals surface area contributed by atoms with Crippen LogP contribution in [0.2, 0.25) is 5.02 Å². The van der Waals surface area contributed by atoms with Gasteiger partial charge in [-0.3, -0.25) is 9.78 Å². The predicted molar refractivity (Wildman–Crippen MR) is 75.7 cm³/mol. The van der Waals surface area contributed by atoms with E-state index < -0.39 is 23.5 Å². The predicted octanol–water partition coefficient (Wildman–Crippen LogP) is 2.02. The summed E-state index contributed by atoms with van der Waals surface area (Å²) in [5, 5.41) is 8.56. The Balaban J connectivity index is 2.27. The summed E-state index contributed by atoms with van der Waals surface area (Å²) < 4.78 is 14.0. The lowest BCUT2D eigenvalue weighted by molar-refractivity contribution is 0.0914. The fraction of sp³-hybridized carbons (Fsp3) is 0.308. The first kappa shape index (κ1) is 15.2. The van der Waals surface area contributed by atoms with E-state index in [0.29, 0.717) is 5.56 Å². The number of aromatic nitrogens is 3. The van der Waals surface area contributed by atoms with Crippen LogP contribution in [0.5, 0.6) is 0 Å². The Morgan fingerprint density at radius 1 is 1.43 bits per heavy atom. The number of H-pyrrole nitrogens is 2. The molecule has 1 atom stereocenters. The second kappa shape index (κ2) is 6.09. The van der Waals surface area contributed by atoms with Gasteiger partial charge in [-0.2, -0.15) is 0 Å². The molecule has 0 aliphatic carbocycles. The van der Waals surface area contributed by atoms with Gasteiger partial charge < -0.3 is 5.32 Å². The highest BCUT2D eigenvalue weighted by atomic mass is 35.5. The number of halogens is 2. The van der Waals surface area contributed by atoms with Crippen molar-refractivity contribution in [3.05, 3.63) is 50.9 Å². The third-order valence-corrected chi connectivity index (χ3v) is 3.20. The van der Waals surface area contributed by atoms with Crippen LogP contribution in [0, 0.1) is 11.7 Å². The summed E-state index contributed by atoms with van der Waals surface area (Å²) in [6, 6.07) is 3.69. The van der Waals surface area contributed by atoms with Crippen LogP contribution in [0.25, 0.3) is 0 Å². The molecule has 0 radical (unpaired) electrons. The summed E-state index contributed by atoms with van der Waals surface area (Å²) in [5.41, 5.74) is -0.264. The van der Waals surface area contributed by atoms with Crippen LogP contribution in [0.4, 0.5) is 4.39 Å². The molecule has 0 spiro atoms. The standard InChI is InChI=1S/C13H14ClFN4O2/c1-6(2)10(8-4-3-7(14)5-9(8)15)16-12(20)11-17-13(21)19-18-11/h3-6,10H,1-2H3,(H,16,20)(H2,17,18,19,21)/t10-/m0/s1. The number of nitrogens with zero attached hydrogens (tertiary/aromatic N) is 1. The highest BCUT2D eigenvalue weighted by molar-refractivity contribution is 6.30. The van der Waals surface area contributed by atoms with E-state index >= 15 is 0 Å². The zero-order chi connectivity index (χ0) is 15.6. The van der Waals surface area contributed by atoms with Crippen molar-refractivity contribution in [1.29, 1.82) is 0 Å². The van der Waals surface area contributed by atoms with Crippen molar-refractivity contribution in [2.24, 2.45) is 5.92 Å². The van der Waals surface area contributed by atoms with E-state index in [9.17, 15) is 14.0 Å². The van der Waals surface area contributed by atoms with Gasteiger partial charge in [0.25, 0.3) is 5.91 Å². The minimum absolute atomic E-state index is 0.0738. The van der Waals surface area contributed by atoms with E-state index in [1.54, 1.807) is 6.07 Å². The molecule has 1 amide bonds. The van der Waals surface area contributed by atoms with Gasteiger partial charge in [0.2, 0.25) is 5.82 Å². The molecule has 2 rings (SSSR count). The first-order valence-corrected chi connectivity index (χ1v) is 6.66. The summed E-state index contributed by atoms with van der Waals surface area (Å²) in [5.74, 6) is -1.33. The molecule has 112 valence electrons. The molecule has 0 aliphatic heterocycles. The van der Waals surface area contributed by atoms with Crippen molar-refractivity contribution >= 4 is 17.5 Å². The molecule has 0 bridgehead atoms. The highest BCUT2D eigenvalue weighted by Gasteiger charge is 2.23. The summed E-state index contributed by atoms with van der Waals surface area (Å²) in [6.07, 6.45) is 0. The Morgan fingerprint density at radius 2 is 2.14 bits per heavy atom. The van der Waals surface area contributed by atoms with Crippen LogP contribution < -0.4 is 11.0 Å². The number of rotatable bonds is 4. The summed E-state index contributed by atoms with van der Waals surface area (Å²) >= 11 is 5.72. The molecule has 0 fully saturated rings. The average Bonchev–Trinajstić information content (AvgIpc) is 2.83.